The van der Waals surface area contributed by atoms with Gasteiger partial charge in [0.2, 0.25) is 0 Å². The second-order valence-electron chi connectivity index (χ2n) is 4.07. The zero-order valence-corrected chi connectivity index (χ0v) is 11.9. The molecule has 0 radical (unpaired) electrons. The van der Waals surface area contributed by atoms with Gasteiger partial charge in [0.1, 0.15) is 11.6 Å². The molecule has 0 aliphatic rings. The van der Waals surface area contributed by atoms with Crippen LogP contribution in [0.1, 0.15) is 16.5 Å². The molecule has 2 rings (SSSR count). The van der Waals surface area contributed by atoms with Crippen LogP contribution in [0.15, 0.2) is 36.4 Å². The van der Waals surface area contributed by atoms with Gasteiger partial charge in [-0.1, -0.05) is 29.3 Å². The van der Waals surface area contributed by atoms with Gasteiger partial charge >= 0.3 is 0 Å². The average Bonchev–Trinajstić information content (AvgIpc) is 2.35. The predicted octanol–water partition coefficient (Wildman–Crippen LogP) is 5.79. The van der Waals surface area contributed by atoms with Crippen LogP contribution in [0, 0.1) is 11.6 Å². The molecule has 0 amide bonds. The maximum absolute atomic E-state index is 13.5. The van der Waals surface area contributed by atoms with E-state index in [4.69, 9.17) is 34.8 Å². The smallest absolute Gasteiger partial charge is 0.129 e. The standard InChI is InChI=1S/C14H9Cl3F2/c15-9-2-4-12(16)11(6-9)13(17)5-8-1-3-10(18)7-14(8)19/h1-4,6-7,13H,5H2. The minimum atomic E-state index is -0.621. The van der Waals surface area contributed by atoms with E-state index in [-0.39, 0.29) is 6.42 Å². The number of alkyl halides is 1. The predicted molar refractivity (Wildman–Crippen MR) is 75.1 cm³/mol. The van der Waals surface area contributed by atoms with E-state index >= 15 is 0 Å². The first kappa shape index (κ1) is 14.6. The highest BCUT2D eigenvalue weighted by Crippen LogP contribution is 2.33. The molecule has 1 unspecified atom stereocenters. The highest BCUT2D eigenvalue weighted by atomic mass is 35.5. The average molecular weight is 322 g/mol. The minimum Gasteiger partial charge on any atom is -0.207 e. The van der Waals surface area contributed by atoms with Crippen molar-refractivity contribution in [2.24, 2.45) is 0 Å². The van der Waals surface area contributed by atoms with Gasteiger partial charge in [-0.05, 0) is 41.8 Å². The fourth-order valence-corrected chi connectivity index (χ4v) is 2.58. The van der Waals surface area contributed by atoms with Crippen molar-refractivity contribution >= 4 is 34.8 Å². The Morgan fingerprint density at radius 1 is 1.00 bits per heavy atom. The van der Waals surface area contributed by atoms with Gasteiger partial charge in [-0.2, -0.15) is 0 Å². The Hall–Kier alpha value is -0.830. The van der Waals surface area contributed by atoms with Crippen molar-refractivity contribution in [3.63, 3.8) is 0 Å². The fraction of sp³-hybridized carbons (Fsp3) is 0.143. The van der Waals surface area contributed by atoms with Crippen molar-refractivity contribution in [3.8, 4) is 0 Å². The lowest BCUT2D eigenvalue weighted by atomic mass is 10.0. The number of benzene rings is 2. The van der Waals surface area contributed by atoms with Gasteiger partial charge in [0.25, 0.3) is 0 Å². The van der Waals surface area contributed by atoms with E-state index < -0.39 is 17.0 Å². The molecule has 0 spiro atoms. The molecular weight excluding hydrogens is 313 g/mol. The van der Waals surface area contributed by atoms with E-state index in [9.17, 15) is 8.78 Å². The van der Waals surface area contributed by atoms with Crippen LogP contribution >= 0.6 is 34.8 Å². The van der Waals surface area contributed by atoms with E-state index in [0.717, 1.165) is 6.07 Å². The second-order valence-corrected chi connectivity index (χ2v) is 5.44. The van der Waals surface area contributed by atoms with Gasteiger partial charge in [-0.3, -0.25) is 0 Å². The summed E-state index contributed by atoms with van der Waals surface area (Å²) < 4.78 is 26.4. The second kappa shape index (κ2) is 6.08. The quantitative estimate of drug-likeness (QED) is 0.627. The maximum atomic E-state index is 13.5. The van der Waals surface area contributed by atoms with E-state index in [0.29, 0.717) is 21.2 Å². The van der Waals surface area contributed by atoms with Crippen LogP contribution in [0.4, 0.5) is 8.78 Å². The molecule has 0 aliphatic carbocycles. The van der Waals surface area contributed by atoms with Crippen LogP contribution < -0.4 is 0 Å². The van der Waals surface area contributed by atoms with Gasteiger partial charge in [0.15, 0.2) is 0 Å². The van der Waals surface area contributed by atoms with Gasteiger partial charge in [0, 0.05) is 16.1 Å². The van der Waals surface area contributed by atoms with E-state index in [1.54, 1.807) is 18.2 Å². The number of halogens is 5. The molecule has 0 saturated heterocycles. The summed E-state index contributed by atoms with van der Waals surface area (Å²) in [6, 6.07) is 8.33. The Kier molecular flexibility index (Phi) is 4.67. The van der Waals surface area contributed by atoms with Crippen molar-refractivity contribution in [1.29, 1.82) is 0 Å². The van der Waals surface area contributed by atoms with E-state index in [2.05, 4.69) is 0 Å². The molecule has 2 aromatic carbocycles. The largest absolute Gasteiger partial charge is 0.207 e. The molecule has 0 heterocycles. The molecule has 100 valence electrons. The number of hydrogen-bond acceptors (Lipinski definition) is 0. The summed E-state index contributed by atoms with van der Waals surface area (Å²) in [6.45, 7) is 0. The summed E-state index contributed by atoms with van der Waals surface area (Å²) in [5, 5.41) is 0.433. The molecule has 0 aliphatic heterocycles. The molecule has 0 nitrogen and oxygen atoms in total. The number of hydrogen-bond donors (Lipinski definition) is 0. The molecular formula is C14H9Cl3F2. The van der Waals surface area contributed by atoms with Crippen molar-refractivity contribution in [3.05, 3.63) is 69.2 Å². The van der Waals surface area contributed by atoms with Crippen molar-refractivity contribution < 1.29 is 8.78 Å². The first-order valence-electron chi connectivity index (χ1n) is 5.50. The Morgan fingerprint density at radius 3 is 2.42 bits per heavy atom. The molecule has 2 aromatic rings. The van der Waals surface area contributed by atoms with Crippen molar-refractivity contribution in [1.82, 2.24) is 0 Å². The third-order valence-electron chi connectivity index (χ3n) is 2.71. The van der Waals surface area contributed by atoms with Crippen LogP contribution in [-0.2, 0) is 6.42 Å². The lowest BCUT2D eigenvalue weighted by Gasteiger charge is -2.13. The van der Waals surface area contributed by atoms with E-state index in [1.807, 2.05) is 0 Å². The van der Waals surface area contributed by atoms with Gasteiger partial charge in [0.05, 0.1) is 5.38 Å². The summed E-state index contributed by atoms with van der Waals surface area (Å²) in [4.78, 5) is 0. The van der Waals surface area contributed by atoms with Crippen LogP contribution in [-0.4, -0.2) is 0 Å². The lowest BCUT2D eigenvalue weighted by Crippen LogP contribution is -2.00. The minimum absolute atomic E-state index is 0.202. The Bertz CT molecular complexity index is 599. The first-order chi connectivity index (χ1) is 8.97. The molecule has 19 heavy (non-hydrogen) atoms. The molecule has 0 fully saturated rings. The first-order valence-corrected chi connectivity index (χ1v) is 6.69. The summed E-state index contributed by atoms with van der Waals surface area (Å²) in [5.41, 5.74) is 0.956. The van der Waals surface area contributed by atoms with Crippen molar-refractivity contribution in [2.45, 2.75) is 11.8 Å². The van der Waals surface area contributed by atoms with Crippen LogP contribution in [0.5, 0.6) is 0 Å². The lowest BCUT2D eigenvalue weighted by molar-refractivity contribution is 0.570. The van der Waals surface area contributed by atoms with Crippen LogP contribution in [0.3, 0.4) is 0 Å². The van der Waals surface area contributed by atoms with Gasteiger partial charge < -0.3 is 0 Å². The summed E-state index contributed by atoms with van der Waals surface area (Å²) in [7, 11) is 0. The topological polar surface area (TPSA) is 0 Å². The fourth-order valence-electron chi connectivity index (χ4n) is 1.74. The molecule has 0 N–H and O–H groups in total. The number of rotatable bonds is 3. The van der Waals surface area contributed by atoms with Crippen LogP contribution in [0.25, 0.3) is 0 Å². The third-order valence-corrected chi connectivity index (χ3v) is 3.68. The molecule has 0 aromatic heterocycles. The summed E-state index contributed by atoms with van der Waals surface area (Å²) >= 11 is 18.1. The molecule has 1 atom stereocenters. The van der Waals surface area contributed by atoms with E-state index in [1.165, 1.54) is 12.1 Å². The monoisotopic (exact) mass is 320 g/mol. The highest BCUT2D eigenvalue weighted by Gasteiger charge is 2.15. The molecule has 5 heteroatoms. The molecule has 0 saturated carbocycles. The summed E-state index contributed by atoms with van der Waals surface area (Å²) in [5.74, 6) is -1.24. The Morgan fingerprint density at radius 2 is 1.74 bits per heavy atom. The third kappa shape index (κ3) is 3.59. The Labute approximate surface area is 124 Å². The highest BCUT2D eigenvalue weighted by molar-refractivity contribution is 6.34. The Balaban J connectivity index is 2.25. The summed E-state index contributed by atoms with van der Waals surface area (Å²) in [6.07, 6.45) is 0.202. The maximum Gasteiger partial charge on any atom is 0.129 e. The van der Waals surface area contributed by atoms with Crippen LogP contribution in [0.2, 0.25) is 10.0 Å². The SMILES string of the molecule is Fc1ccc(CC(Cl)c2cc(Cl)ccc2Cl)c(F)c1. The van der Waals surface area contributed by atoms with Gasteiger partial charge in [-0.25, -0.2) is 8.78 Å². The van der Waals surface area contributed by atoms with Gasteiger partial charge in [-0.15, -0.1) is 11.6 Å². The van der Waals surface area contributed by atoms with Crippen molar-refractivity contribution in [2.75, 3.05) is 0 Å². The normalized spacial score (nSPS) is 12.5. The zero-order chi connectivity index (χ0) is 14.0. The zero-order valence-electron chi connectivity index (χ0n) is 9.64. The molecule has 0 bridgehead atoms.